The van der Waals surface area contributed by atoms with E-state index in [1.54, 1.807) is 6.07 Å². The molecule has 0 unspecified atom stereocenters. The minimum atomic E-state index is -4.89. The van der Waals surface area contributed by atoms with Gasteiger partial charge in [0.2, 0.25) is 0 Å². The van der Waals surface area contributed by atoms with Gasteiger partial charge in [0.05, 0.1) is 30.1 Å². The lowest BCUT2D eigenvalue weighted by molar-refractivity contribution is -0.275. The van der Waals surface area contributed by atoms with Gasteiger partial charge >= 0.3 is 6.36 Å². The second kappa shape index (κ2) is 4.88. The fraction of sp³-hybridized carbons (Fsp3) is 0.333. The maximum atomic E-state index is 12.2. The molecule has 8 heteroatoms. The molecule has 0 aliphatic heterocycles. The summed E-state index contributed by atoms with van der Waals surface area (Å²) in [5.74, 6) is -0.582. The quantitative estimate of drug-likeness (QED) is 0.831. The Hall–Kier alpha value is -2.01. The van der Waals surface area contributed by atoms with Crippen molar-refractivity contribution >= 4 is 5.69 Å². The van der Waals surface area contributed by atoms with Gasteiger partial charge in [-0.25, -0.2) is 0 Å². The number of rotatable bonds is 3. The number of nitriles is 1. The van der Waals surface area contributed by atoms with Crippen molar-refractivity contribution < 1.29 is 17.9 Å². The van der Waals surface area contributed by atoms with Gasteiger partial charge in [-0.1, -0.05) is 0 Å². The van der Waals surface area contributed by atoms with E-state index in [4.69, 9.17) is 16.7 Å². The number of aromatic nitrogens is 1. The van der Waals surface area contributed by atoms with Crippen molar-refractivity contribution in [2.45, 2.75) is 19.3 Å². The van der Waals surface area contributed by atoms with Gasteiger partial charge in [-0.2, -0.15) is 5.26 Å². The van der Waals surface area contributed by atoms with Crippen molar-refractivity contribution in [1.82, 2.24) is 4.98 Å². The van der Waals surface area contributed by atoms with E-state index in [-0.39, 0.29) is 29.9 Å². The fourth-order valence-corrected chi connectivity index (χ4v) is 1.24. The van der Waals surface area contributed by atoms with Crippen LogP contribution in [0.2, 0.25) is 0 Å². The van der Waals surface area contributed by atoms with Gasteiger partial charge in [-0.15, -0.1) is 13.2 Å². The zero-order chi connectivity index (χ0) is 13.1. The number of hydrogen-bond donors (Lipinski definition) is 2. The normalized spacial score (nSPS) is 11.0. The summed E-state index contributed by atoms with van der Waals surface area (Å²) in [7, 11) is 0. The highest BCUT2D eigenvalue weighted by molar-refractivity contribution is 5.55. The lowest BCUT2D eigenvalue weighted by Gasteiger charge is -2.16. The van der Waals surface area contributed by atoms with E-state index in [2.05, 4.69) is 9.72 Å². The Labute approximate surface area is 94.8 Å². The van der Waals surface area contributed by atoms with Gasteiger partial charge in [0, 0.05) is 12.1 Å². The third-order valence-corrected chi connectivity index (χ3v) is 1.91. The molecule has 1 aromatic rings. The third-order valence-electron chi connectivity index (χ3n) is 1.91. The summed E-state index contributed by atoms with van der Waals surface area (Å²) < 4.78 is 40.4. The topological polar surface area (TPSA) is 98.0 Å². The molecule has 4 N–H and O–H groups in total. The van der Waals surface area contributed by atoms with Crippen molar-refractivity contribution in [3.8, 4) is 11.8 Å². The Morgan fingerprint density at radius 2 is 2.12 bits per heavy atom. The van der Waals surface area contributed by atoms with Crippen LogP contribution in [-0.4, -0.2) is 11.3 Å². The Morgan fingerprint density at radius 3 is 2.59 bits per heavy atom. The highest BCUT2D eigenvalue weighted by Crippen LogP contribution is 2.32. The van der Waals surface area contributed by atoms with Gasteiger partial charge in [-0.3, -0.25) is 4.98 Å². The van der Waals surface area contributed by atoms with Crippen molar-refractivity contribution in [3.63, 3.8) is 0 Å². The number of halogens is 3. The number of ether oxygens (including phenoxy) is 1. The second-order valence-corrected chi connectivity index (χ2v) is 3.05. The van der Waals surface area contributed by atoms with Crippen LogP contribution in [0.4, 0.5) is 18.9 Å². The molecule has 0 fully saturated rings. The monoisotopic (exact) mass is 246 g/mol. The molecule has 5 nitrogen and oxygen atoms in total. The number of anilines is 1. The average Bonchev–Trinajstić information content (AvgIpc) is 2.21. The first-order valence-corrected chi connectivity index (χ1v) is 4.48. The molecule has 0 atom stereocenters. The van der Waals surface area contributed by atoms with Crippen LogP contribution in [0.15, 0.2) is 6.20 Å². The summed E-state index contributed by atoms with van der Waals surface area (Å²) >= 11 is 0. The summed E-state index contributed by atoms with van der Waals surface area (Å²) in [4.78, 5) is 3.63. The molecular formula is C9H9F3N4O. The minimum absolute atomic E-state index is 0.00607. The lowest BCUT2D eigenvalue weighted by atomic mass is 10.1. The molecule has 0 bridgehead atoms. The molecular weight excluding hydrogens is 237 g/mol. The molecule has 0 saturated heterocycles. The number of nitrogen functional groups attached to an aromatic ring is 1. The number of nitrogens with two attached hydrogens (primary N) is 2. The predicted octanol–water partition coefficient (Wildman–Crippen LogP) is 1.09. The molecule has 1 aromatic heterocycles. The number of pyridine rings is 1. The van der Waals surface area contributed by atoms with E-state index >= 15 is 0 Å². The first-order chi connectivity index (χ1) is 7.89. The van der Waals surface area contributed by atoms with Crippen LogP contribution in [0.1, 0.15) is 11.3 Å². The van der Waals surface area contributed by atoms with E-state index < -0.39 is 12.1 Å². The number of alkyl halides is 3. The number of hydrogen-bond acceptors (Lipinski definition) is 5. The molecule has 0 saturated carbocycles. The third kappa shape index (κ3) is 3.22. The SMILES string of the molecule is N#CCc1ncc(N)c(CN)c1OC(F)(F)F. The molecule has 0 radical (unpaired) electrons. The van der Waals surface area contributed by atoms with Crippen LogP contribution in [0.25, 0.3) is 0 Å². The van der Waals surface area contributed by atoms with Gasteiger partial charge in [0.1, 0.15) is 0 Å². The number of nitrogens with zero attached hydrogens (tertiary/aromatic N) is 2. The molecule has 0 aliphatic rings. The standard InChI is InChI=1S/C9H9F3N4O/c10-9(11,12)17-8-5(3-14)6(15)4-16-7(8)1-2-13/h4H,1,3,14-15H2. The van der Waals surface area contributed by atoms with Crippen molar-refractivity contribution in [3.05, 3.63) is 17.5 Å². The van der Waals surface area contributed by atoms with Crippen LogP contribution in [0.3, 0.4) is 0 Å². The first kappa shape index (κ1) is 13.1. The van der Waals surface area contributed by atoms with Crippen LogP contribution in [-0.2, 0) is 13.0 Å². The summed E-state index contributed by atoms with van der Waals surface area (Å²) in [6.07, 6.45) is -4.06. The Kier molecular flexibility index (Phi) is 3.75. The predicted molar refractivity (Wildman–Crippen MR) is 52.5 cm³/mol. The van der Waals surface area contributed by atoms with Gasteiger partial charge in [-0.05, 0) is 0 Å². The largest absolute Gasteiger partial charge is 0.573 e. The van der Waals surface area contributed by atoms with Gasteiger partial charge in [0.25, 0.3) is 0 Å². The zero-order valence-electron chi connectivity index (χ0n) is 8.58. The molecule has 17 heavy (non-hydrogen) atoms. The van der Waals surface area contributed by atoms with E-state index in [1.165, 1.54) is 0 Å². The van der Waals surface area contributed by atoms with E-state index in [0.717, 1.165) is 6.20 Å². The molecule has 0 aliphatic carbocycles. The summed E-state index contributed by atoms with van der Waals surface area (Å²) in [5.41, 5.74) is 10.6. The first-order valence-electron chi connectivity index (χ1n) is 4.48. The average molecular weight is 246 g/mol. The fourth-order valence-electron chi connectivity index (χ4n) is 1.24. The summed E-state index contributed by atoms with van der Waals surface area (Å²) in [5, 5.41) is 8.49. The summed E-state index contributed by atoms with van der Waals surface area (Å²) in [6, 6.07) is 1.69. The highest BCUT2D eigenvalue weighted by atomic mass is 19.4. The van der Waals surface area contributed by atoms with E-state index in [9.17, 15) is 13.2 Å². The maximum absolute atomic E-state index is 12.2. The minimum Gasteiger partial charge on any atom is -0.403 e. The van der Waals surface area contributed by atoms with Crippen LogP contribution < -0.4 is 16.2 Å². The Morgan fingerprint density at radius 1 is 1.47 bits per heavy atom. The highest BCUT2D eigenvalue weighted by Gasteiger charge is 2.34. The van der Waals surface area contributed by atoms with Crippen LogP contribution in [0, 0.1) is 11.3 Å². The van der Waals surface area contributed by atoms with Crippen molar-refractivity contribution in [2.75, 3.05) is 5.73 Å². The summed E-state index contributed by atoms with van der Waals surface area (Å²) in [6.45, 7) is -0.238. The lowest BCUT2D eigenvalue weighted by Crippen LogP contribution is -2.21. The molecule has 92 valence electrons. The smallest absolute Gasteiger partial charge is 0.403 e. The van der Waals surface area contributed by atoms with Gasteiger partial charge < -0.3 is 16.2 Å². The van der Waals surface area contributed by atoms with Crippen LogP contribution >= 0.6 is 0 Å². The second-order valence-electron chi connectivity index (χ2n) is 3.05. The van der Waals surface area contributed by atoms with Crippen molar-refractivity contribution in [2.24, 2.45) is 5.73 Å². The van der Waals surface area contributed by atoms with E-state index in [1.807, 2.05) is 0 Å². The molecule has 0 aromatic carbocycles. The van der Waals surface area contributed by atoms with Gasteiger partial charge in [0.15, 0.2) is 5.75 Å². The Balaban J connectivity index is 3.29. The van der Waals surface area contributed by atoms with Crippen molar-refractivity contribution in [1.29, 1.82) is 5.26 Å². The van der Waals surface area contributed by atoms with E-state index in [0.29, 0.717) is 0 Å². The molecule has 0 spiro atoms. The molecule has 0 amide bonds. The van der Waals surface area contributed by atoms with Crippen LogP contribution in [0.5, 0.6) is 5.75 Å². The zero-order valence-corrected chi connectivity index (χ0v) is 8.58. The molecule has 1 rings (SSSR count). The maximum Gasteiger partial charge on any atom is 0.573 e. The molecule has 1 heterocycles. The Bertz CT molecular complexity index is 453.